The number of carbonyl (C=O) groups is 1. The number of aromatic nitrogens is 1. The number of nitrogens with one attached hydrogen (secondary N) is 1. The van der Waals surface area contributed by atoms with E-state index < -0.39 is 6.04 Å². The Morgan fingerprint density at radius 3 is 3.07 bits per heavy atom. The molecule has 1 atom stereocenters. The van der Waals surface area contributed by atoms with Crippen LogP contribution in [0.5, 0.6) is 0 Å². The maximum absolute atomic E-state index is 11.4. The van der Waals surface area contributed by atoms with Crippen LogP contribution in [0.2, 0.25) is 0 Å². The molecular weight excluding hydrogens is 190 g/mol. The molecule has 0 saturated carbocycles. The summed E-state index contributed by atoms with van der Waals surface area (Å²) in [5.74, 6) is -0.0966. The van der Waals surface area contributed by atoms with E-state index in [9.17, 15) is 4.79 Å². The molecule has 1 aromatic rings. The van der Waals surface area contributed by atoms with Crippen LogP contribution in [0, 0.1) is 0 Å². The van der Waals surface area contributed by atoms with Gasteiger partial charge in [-0.25, -0.2) is 0 Å². The third kappa shape index (κ3) is 4.08. The van der Waals surface area contributed by atoms with E-state index in [1.165, 1.54) is 0 Å². The van der Waals surface area contributed by atoms with Crippen molar-refractivity contribution in [3.05, 3.63) is 30.1 Å². The SMILES string of the molecule is CCCC(N)C(=O)NCc1cccnc1. The molecule has 1 rings (SSSR count). The second kappa shape index (κ2) is 6.14. The lowest BCUT2D eigenvalue weighted by Crippen LogP contribution is -2.40. The molecule has 82 valence electrons. The molecule has 4 heteroatoms. The summed E-state index contributed by atoms with van der Waals surface area (Å²) < 4.78 is 0. The van der Waals surface area contributed by atoms with Gasteiger partial charge in [-0.2, -0.15) is 0 Å². The van der Waals surface area contributed by atoms with Crippen molar-refractivity contribution < 1.29 is 4.79 Å². The van der Waals surface area contributed by atoms with Crippen molar-refractivity contribution in [3.63, 3.8) is 0 Å². The van der Waals surface area contributed by atoms with Gasteiger partial charge >= 0.3 is 0 Å². The van der Waals surface area contributed by atoms with Gasteiger partial charge in [0.2, 0.25) is 5.91 Å². The van der Waals surface area contributed by atoms with Gasteiger partial charge in [-0.3, -0.25) is 9.78 Å². The molecular formula is C11H17N3O. The summed E-state index contributed by atoms with van der Waals surface area (Å²) >= 11 is 0. The first kappa shape index (κ1) is 11.7. The van der Waals surface area contributed by atoms with Gasteiger partial charge in [-0.15, -0.1) is 0 Å². The molecule has 0 fully saturated rings. The molecule has 1 unspecified atom stereocenters. The van der Waals surface area contributed by atoms with Crippen LogP contribution in [0.15, 0.2) is 24.5 Å². The number of nitrogens with two attached hydrogens (primary N) is 1. The minimum absolute atomic E-state index is 0.0966. The van der Waals surface area contributed by atoms with Gasteiger partial charge < -0.3 is 11.1 Å². The molecule has 1 aromatic heterocycles. The summed E-state index contributed by atoms with van der Waals surface area (Å²) in [4.78, 5) is 15.4. The molecule has 15 heavy (non-hydrogen) atoms. The molecule has 3 N–H and O–H groups in total. The summed E-state index contributed by atoms with van der Waals surface area (Å²) in [5.41, 5.74) is 6.65. The fraction of sp³-hybridized carbons (Fsp3) is 0.455. The largest absolute Gasteiger partial charge is 0.351 e. The van der Waals surface area contributed by atoms with Crippen LogP contribution < -0.4 is 11.1 Å². The fourth-order valence-corrected chi connectivity index (χ4v) is 1.27. The van der Waals surface area contributed by atoms with Crippen LogP contribution in [0.25, 0.3) is 0 Å². The number of rotatable bonds is 5. The van der Waals surface area contributed by atoms with E-state index in [-0.39, 0.29) is 5.91 Å². The van der Waals surface area contributed by atoms with Crippen LogP contribution in [-0.2, 0) is 11.3 Å². The van der Waals surface area contributed by atoms with Gasteiger partial charge in [0.25, 0.3) is 0 Å². The number of nitrogens with zero attached hydrogens (tertiary/aromatic N) is 1. The average molecular weight is 207 g/mol. The smallest absolute Gasteiger partial charge is 0.237 e. The number of hydrogen-bond acceptors (Lipinski definition) is 3. The van der Waals surface area contributed by atoms with E-state index in [0.29, 0.717) is 6.54 Å². The number of pyridine rings is 1. The topological polar surface area (TPSA) is 68.0 Å². The third-order valence-electron chi connectivity index (χ3n) is 2.13. The van der Waals surface area contributed by atoms with Crippen molar-refractivity contribution in [1.29, 1.82) is 0 Å². The lowest BCUT2D eigenvalue weighted by Gasteiger charge is -2.10. The number of carbonyl (C=O) groups excluding carboxylic acids is 1. The van der Waals surface area contributed by atoms with E-state index in [4.69, 9.17) is 5.73 Å². The van der Waals surface area contributed by atoms with E-state index in [1.54, 1.807) is 12.4 Å². The van der Waals surface area contributed by atoms with Gasteiger partial charge in [0.15, 0.2) is 0 Å². The first-order valence-electron chi connectivity index (χ1n) is 5.16. The Balaban J connectivity index is 2.34. The molecule has 0 radical (unpaired) electrons. The van der Waals surface area contributed by atoms with Gasteiger partial charge in [0.05, 0.1) is 6.04 Å². The Hall–Kier alpha value is -1.42. The highest BCUT2D eigenvalue weighted by atomic mass is 16.2. The quantitative estimate of drug-likeness (QED) is 0.751. The maximum Gasteiger partial charge on any atom is 0.237 e. The summed E-state index contributed by atoms with van der Waals surface area (Å²) in [6.07, 6.45) is 5.07. The maximum atomic E-state index is 11.4. The predicted octanol–water partition coefficient (Wildman–Crippen LogP) is 0.825. The lowest BCUT2D eigenvalue weighted by atomic mass is 10.1. The summed E-state index contributed by atoms with van der Waals surface area (Å²) in [6, 6.07) is 3.36. The van der Waals surface area contributed by atoms with Crippen molar-refractivity contribution >= 4 is 5.91 Å². The molecule has 0 spiro atoms. The lowest BCUT2D eigenvalue weighted by molar-refractivity contribution is -0.122. The molecule has 1 amide bonds. The Labute approximate surface area is 89.9 Å². The van der Waals surface area contributed by atoms with E-state index in [1.807, 2.05) is 19.1 Å². The van der Waals surface area contributed by atoms with Crippen molar-refractivity contribution in [2.75, 3.05) is 0 Å². The van der Waals surface area contributed by atoms with Gasteiger partial charge in [0.1, 0.15) is 0 Å². The molecule has 0 bridgehead atoms. The van der Waals surface area contributed by atoms with E-state index >= 15 is 0 Å². The van der Waals surface area contributed by atoms with Gasteiger partial charge in [-0.05, 0) is 18.1 Å². The first-order chi connectivity index (χ1) is 7.24. The molecule has 0 aliphatic carbocycles. The Morgan fingerprint density at radius 1 is 1.67 bits per heavy atom. The third-order valence-corrected chi connectivity index (χ3v) is 2.13. The highest BCUT2D eigenvalue weighted by molar-refractivity contribution is 5.81. The number of hydrogen-bond donors (Lipinski definition) is 2. The zero-order valence-corrected chi connectivity index (χ0v) is 8.94. The zero-order valence-electron chi connectivity index (χ0n) is 8.94. The second-order valence-electron chi connectivity index (χ2n) is 3.47. The monoisotopic (exact) mass is 207 g/mol. The van der Waals surface area contributed by atoms with E-state index in [0.717, 1.165) is 18.4 Å². The summed E-state index contributed by atoms with van der Waals surface area (Å²) in [7, 11) is 0. The predicted molar refractivity (Wildman–Crippen MR) is 59.0 cm³/mol. The van der Waals surface area contributed by atoms with Crippen molar-refractivity contribution in [3.8, 4) is 0 Å². The average Bonchev–Trinajstić information content (AvgIpc) is 2.27. The van der Waals surface area contributed by atoms with Crippen LogP contribution in [-0.4, -0.2) is 16.9 Å². The summed E-state index contributed by atoms with van der Waals surface area (Å²) in [6.45, 7) is 2.50. The normalized spacial score (nSPS) is 12.1. The van der Waals surface area contributed by atoms with Crippen LogP contribution in [0.1, 0.15) is 25.3 Å². The van der Waals surface area contributed by atoms with Crippen LogP contribution >= 0.6 is 0 Å². The van der Waals surface area contributed by atoms with Crippen molar-refractivity contribution in [2.24, 2.45) is 5.73 Å². The molecule has 1 heterocycles. The van der Waals surface area contributed by atoms with E-state index in [2.05, 4.69) is 10.3 Å². The minimum atomic E-state index is -0.397. The van der Waals surface area contributed by atoms with Gasteiger partial charge in [0, 0.05) is 18.9 Å². The molecule has 0 saturated heterocycles. The van der Waals surface area contributed by atoms with Gasteiger partial charge in [-0.1, -0.05) is 19.4 Å². The minimum Gasteiger partial charge on any atom is -0.351 e. The first-order valence-corrected chi connectivity index (χ1v) is 5.16. The Kier molecular flexibility index (Phi) is 4.77. The molecule has 4 nitrogen and oxygen atoms in total. The van der Waals surface area contributed by atoms with Crippen molar-refractivity contribution in [1.82, 2.24) is 10.3 Å². The van der Waals surface area contributed by atoms with Crippen molar-refractivity contribution in [2.45, 2.75) is 32.4 Å². The Bertz CT molecular complexity index is 300. The molecule has 0 aliphatic heterocycles. The Morgan fingerprint density at radius 2 is 2.47 bits per heavy atom. The highest BCUT2D eigenvalue weighted by Gasteiger charge is 2.10. The fourth-order valence-electron chi connectivity index (χ4n) is 1.27. The summed E-state index contributed by atoms with van der Waals surface area (Å²) in [5, 5.41) is 2.78. The van der Waals surface area contributed by atoms with Crippen LogP contribution in [0.3, 0.4) is 0 Å². The second-order valence-corrected chi connectivity index (χ2v) is 3.47. The molecule has 0 aliphatic rings. The molecule has 0 aromatic carbocycles. The van der Waals surface area contributed by atoms with Crippen LogP contribution in [0.4, 0.5) is 0 Å². The highest BCUT2D eigenvalue weighted by Crippen LogP contribution is 1.96. The number of amides is 1. The zero-order chi connectivity index (χ0) is 11.1. The standard InChI is InChI=1S/C11H17N3O/c1-2-4-10(12)11(15)14-8-9-5-3-6-13-7-9/h3,5-7,10H,2,4,8,12H2,1H3,(H,14,15).